The van der Waals surface area contributed by atoms with Gasteiger partial charge in [0.25, 0.3) is 0 Å². The number of nitrogens with two attached hydrogens (primary N) is 1. The summed E-state index contributed by atoms with van der Waals surface area (Å²) in [6.45, 7) is 6.24. The van der Waals surface area contributed by atoms with Gasteiger partial charge in [0, 0.05) is 12.1 Å². The third kappa shape index (κ3) is 5.00. The molecule has 0 spiro atoms. The summed E-state index contributed by atoms with van der Waals surface area (Å²) in [5.74, 6) is 7.38. The fourth-order valence-corrected chi connectivity index (χ4v) is 1.96. The highest BCUT2D eigenvalue weighted by Gasteiger charge is 2.13. The quantitative estimate of drug-likeness (QED) is 0.377. The van der Waals surface area contributed by atoms with Crippen molar-refractivity contribution in [2.75, 3.05) is 37.9 Å². The average molecular weight is 266 g/mol. The van der Waals surface area contributed by atoms with E-state index in [0.717, 1.165) is 30.9 Å². The lowest BCUT2D eigenvalue weighted by Gasteiger charge is -2.16. The molecule has 0 aliphatic heterocycles. The van der Waals surface area contributed by atoms with E-state index < -0.39 is 0 Å². The van der Waals surface area contributed by atoms with Crippen molar-refractivity contribution < 1.29 is 0 Å². The number of anilines is 2. The predicted molar refractivity (Wildman–Crippen MR) is 80.2 cm³/mol. The van der Waals surface area contributed by atoms with E-state index in [1.165, 1.54) is 12.7 Å². The zero-order chi connectivity index (χ0) is 14.3. The van der Waals surface area contributed by atoms with Gasteiger partial charge in [-0.25, -0.2) is 15.8 Å². The van der Waals surface area contributed by atoms with Gasteiger partial charge < -0.3 is 15.6 Å². The van der Waals surface area contributed by atoms with Gasteiger partial charge in [0.2, 0.25) is 0 Å². The van der Waals surface area contributed by atoms with E-state index in [4.69, 9.17) is 5.84 Å². The number of rotatable bonds is 8. The second kappa shape index (κ2) is 7.91. The summed E-state index contributed by atoms with van der Waals surface area (Å²) < 4.78 is 0. The van der Waals surface area contributed by atoms with Gasteiger partial charge in [-0.15, -0.1) is 0 Å². The maximum absolute atomic E-state index is 5.49. The van der Waals surface area contributed by atoms with E-state index in [2.05, 4.69) is 53.6 Å². The molecule has 19 heavy (non-hydrogen) atoms. The fourth-order valence-electron chi connectivity index (χ4n) is 1.96. The van der Waals surface area contributed by atoms with E-state index in [1.54, 1.807) is 0 Å². The maximum atomic E-state index is 5.49. The molecule has 0 saturated carbocycles. The lowest BCUT2D eigenvalue weighted by molar-refractivity contribution is 0.396. The van der Waals surface area contributed by atoms with Crippen LogP contribution in [0, 0.1) is 0 Å². The summed E-state index contributed by atoms with van der Waals surface area (Å²) in [5, 5.41) is 3.38. The van der Waals surface area contributed by atoms with Gasteiger partial charge >= 0.3 is 0 Å². The Kier molecular flexibility index (Phi) is 6.52. The van der Waals surface area contributed by atoms with Crippen molar-refractivity contribution in [2.45, 2.75) is 32.6 Å². The van der Waals surface area contributed by atoms with Crippen LogP contribution in [-0.4, -0.2) is 42.1 Å². The number of hydrazine groups is 1. The molecular weight excluding hydrogens is 240 g/mol. The van der Waals surface area contributed by atoms with Crippen LogP contribution in [0.15, 0.2) is 6.33 Å². The highest BCUT2D eigenvalue weighted by atomic mass is 15.3. The summed E-state index contributed by atoms with van der Waals surface area (Å²) in [7, 11) is 4.18. The third-order valence-corrected chi connectivity index (χ3v) is 2.92. The lowest BCUT2D eigenvalue weighted by Crippen LogP contribution is -2.16. The molecule has 1 aromatic heterocycles. The molecular formula is C13H26N6. The van der Waals surface area contributed by atoms with Crippen LogP contribution in [0.5, 0.6) is 0 Å². The number of nitrogen functional groups attached to an aromatic ring is 1. The Labute approximate surface area is 115 Å². The molecule has 0 aliphatic carbocycles. The van der Waals surface area contributed by atoms with Crippen molar-refractivity contribution >= 4 is 11.6 Å². The highest BCUT2D eigenvalue weighted by molar-refractivity contribution is 5.58. The van der Waals surface area contributed by atoms with Crippen LogP contribution in [0.25, 0.3) is 0 Å². The minimum Gasteiger partial charge on any atom is -0.370 e. The van der Waals surface area contributed by atoms with Crippen LogP contribution < -0.4 is 16.6 Å². The smallest absolute Gasteiger partial charge is 0.148 e. The van der Waals surface area contributed by atoms with Gasteiger partial charge in [-0.05, 0) is 39.4 Å². The number of nitrogens with zero attached hydrogens (tertiary/aromatic N) is 3. The first kappa shape index (κ1) is 15.7. The van der Waals surface area contributed by atoms with Crippen molar-refractivity contribution in [1.29, 1.82) is 0 Å². The Balaban J connectivity index is 2.58. The topological polar surface area (TPSA) is 79.1 Å². The number of nitrogens with one attached hydrogen (secondary N) is 2. The summed E-state index contributed by atoms with van der Waals surface area (Å²) in [6, 6.07) is 0. The molecule has 1 heterocycles. The van der Waals surface area contributed by atoms with E-state index in [1.807, 2.05) is 0 Å². The molecule has 0 bridgehead atoms. The summed E-state index contributed by atoms with van der Waals surface area (Å²) in [4.78, 5) is 10.7. The maximum Gasteiger partial charge on any atom is 0.148 e. The largest absolute Gasteiger partial charge is 0.370 e. The molecule has 0 aromatic carbocycles. The van der Waals surface area contributed by atoms with Crippen molar-refractivity contribution in [1.82, 2.24) is 14.9 Å². The van der Waals surface area contributed by atoms with Gasteiger partial charge in [0.1, 0.15) is 18.0 Å². The molecule has 4 N–H and O–H groups in total. The molecule has 108 valence electrons. The summed E-state index contributed by atoms with van der Waals surface area (Å²) in [5.41, 5.74) is 3.68. The number of hydrogen-bond donors (Lipinski definition) is 3. The van der Waals surface area contributed by atoms with Crippen LogP contribution in [0.1, 0.15) is 38.2 Å². The first-order valence-corrected chi connectivity index (χ1v) is 6.76. The fraction of sp³-hybridized carbons (Fsp3) is 0.692. The van der Waals surface area contributed by atoms with Gasteiger partial charge in [0.05, 0.1) is 0 Å². The average Bonchev–Trinajstić information content (AvgIpc) is 2.37. The number of hydrogen-bond acceptors (Lipinski definition) is 6. The van der Waals surface area contributed by atoms with E-state index in [-0.39, 0.29) is 0 Å². The normalized spacial score (nSPS) is 11.1. The van der Waals surface area contributed by atoms with Gasteiger partial charge in [-0.2, -0.15) is 0 Å². The van der Waals surface area contributed by atoms with Gasteiger partial charge in [-0.3, -0.25) is 0 Å². The van der Waals surface area contributed by atoms with Crippen LogP contribution in [0.3, 0.4) is 0 Å². The van der Waals surface area contributed by atoms with Crippen LogP contribution in [0.4, 0.5) is 11.6 Å². The van der Waals surface area contributed by atoms with E-state index in [9.17, 15) is 0 Å². The van der Waals surface area contributed by atoms with Crippen molar-refractivity contribution in [3.63, 3.8) is 0 Å². The second-order valence-corrected chi connectivity index (χ2v) is 5.22. The molecule has 0 radical (unpaired) electrons. The Bertz CT molecular complexity index is 377. The van der Waals surface area contributed by atoms with Crippen LogP contribution in [0.2, 0.25) is 0 Å². The molecule has 0 fully saturated rings. The Hall–Kier alpha value is -1.40. The Morgan fingerprint density at radius 3 is 2.47 bits per heavy atom. The monoisotopic (exact) mass is 266 g/mol. The molecule has 6 nitrogen and oxygen atoms in total. The number of unbranched alkanes of at least 4 members (excludes halogenated alkanes) is 1. The van der Waals surface area contributed by atoms with E-state index in [0.29, 0.717) is 11.7 Å². The molecule has 0 amide bonds. The molecule has 0 atom stereocenters. The Morgan fingerprint density at radius 2 is 1.89 bits per heavy atom. The molecule has 1 rings (SSSR count). The zero-order valence-corrected chi connectivity index (χ0v) is 12.4. The predicted octanol–water partition coefficient (Wildman–Crippen LogP) is 1.64. The standard InChI is InChI=1S/C13H26N6/c1-10(2)11-12(16-9-17-13(11)18-14)15-7-5-6-8-19(3)4/h9-10H,5-8,14H2,1-4H3,(H2,15,16,17,18). The van der Waals surface area contributed by atoms with Crippen molar-refractivity contribution in [2.24, 2.45) is 5.84 Å². The zero-order valence-electron chi connectivity index (χ0n) is 12.4. The highest BCUT2D eigenvalue weighted by Crippen LogP contribution is 2.27. The van der Waals surface area contributed by atoms with Crippen LogP contribution >= 0.6 is 0 Å². The third-order valence-electron chi connectivity index (χ3n) is 2.92. The molecule has 1 aromatic rings. The minimum absolute atomic E-state index is 0.316. The SMILES string of the molecule is CC(C)c1c(NN)ncnc1NCCCCN(C)C. The first-order chi connectivity index (χ1) is 9.06. The molecule has 0 aliphatic rings. The van der Waals surface area contributed by atoms with Gasteiger partial charge in [0.15, 0.2) is 0 Å². The Morgan fingerprint density at radius 1 is 1.21 bits per heavy atom. The molecule has 0 saturated heterocycles. The lowest BCUT2D eigenvalue weighted by atomic mass is 10.0. The van der Waals surface area contributed by atoms with E-state index >= 15 is 0 Å². The van der Waals surface area contributed by atoms with Gasteiger partial charge in [-0.1, -0.05) is 13.8 Å². The van der Waals surface area contributed by atoms with Crippen molar-refractivity contribution in [3.8, 4) is 0 Å². The molecule has 0 unspecified atom stereocenters. The van der Waals surface area contributed by atoms with Crippen LogP contribution in [-0.2, 0) is 0 Å². The number of aromatic nitrogens is 2. The minimum atomic E-state index is 0.316. The summed E-state index contributed by atoms with van der Waals surface area (Å²) >= 11 is 0. The second-order valence-electron chi connectivity index (χ2n) is 5.22. The summed E-state index contributed by atoms with van der Waals surface area (Å²) in [6.07, 6.45) is 3.82. The van der Waals surface area contributed by atoms with Crippen molar-refractivity contribution in [3.05, 3.63) is 11.9 Å². The molecule has 6 heteroatoms. The first-order valence-electron chi connectivity index (χ1n) is 6.76.